The first-order chi connectivity index (χ1) is 7.20. The molecule has 1 N–H and O–H groups in total. The number of nitro groups is 1. The second-order valence-corrected chi connectivity index (χ2v) is 3.30. The van der Waals surface area contributed by atoms with Crippen molar-refractivity contribution in [1.29, 1.82) is 0 Å². The Morgan fingerprint density at radius 3 is 2.47 bits per heavy atom. The van der Waals surface area contributed by atoms with Gasteiger partial charge in [0.05, 0.1) is 11.8 Å². The molecule has 1 aromatic heterocycles. The monoisotopic (exact) mass is 202 g/mol. The number of aromatic nitrogens is 1. The number of aromatic amines is 1. The SMILES string of the molecule is Cc1c(-c2ccccc2)c[nH]c1[N+](=O)[O-]. The molecule has 0 radical (unpaired) electrons. The molecular formula is C11H10N2O2. The number of benzene rings is 1. The lowest BCUT2D eigenvalue weighted by atomic mass is 10.1. The van der Waals surface area contributed by atoms with Crippen molar-refractivity contribution in [2.45, 2.75) is 6.92 Å². The highest BCUT2D eigenvalue weighted by Crippen LogP contribution is 2.28. The van der Waals surface area contributed by atoms with Crippen molar-refractivity contribution in [2.24, 2.45) is 0 Å². The Labute approximate surface area is 86.7 Å². The van der Waals surface area contributed by atoms with Gasteiger partial charge in [-0.3, -0.25) is 0 Å². The smallest absolute Gasteiger partial charge is 0.324 e. The molecule has 2 aromatic rings. The molecule has 2 rings (SSSR count). The summed E-state index contributed by atoms with van der Waals surface area (Å²) in [5, 5.41) is 10.6. The van der Waals surface area contributed by atoms with Gasteiger partial charge in [-0.15, -0.1) is 0 Å². The maximum absolute atomic E-state index is 10.6. The van der Waals surface area contributed by atoms with E-state index >= 15 is 0 Å². The minimum Gasteiger partial charge on any atom is -0.358 e. The molecule has 1 heterocycles. The fraction of sp³-hybridized carbons (Fsp3) is 0.0909. The van der Waals surface area contributed by atoms with Crippen LogP contribution < -0.4 is 0 Å². The Morgan fingerprint density at radius 2 is 1.93 bits per heavy atom. The zero-order valence-electron chi connectivity index (χ0n) is 8.23. The predicted molar refractivity (Wildman–Crippen MR) is 57.6 cm³/mol. The first kappa shape index (κ1) is 9.45. The molecule has 1 aromatic carbocycles. The number of nitrogens with zero attached hydrogens (tertiary/aromatic N) is 1. The summed E-state index contributed by atoms with van der Waals surface area (Å²) in [6, 6.07) is 9.60. The molecule has 0 aliphatic carbocycles. The summed E-state index contributed by atoms with van der Waals surface area (Å²) in [4.78, 5) is 12.9. The van der Waals surface area contributed by atoms with Crippen molar-refractivity contribution in [3.63, 3.8) is 0 Å². The Kier molecular flexibility index (Phi) is 2.25. The highest BCUT2D eigenvalue weighted by atomic mass is 16.6. The lowest BCUT2D eigenvalue weighted by Gasteiger charge is -1.97. The lowest BCUT2D eigenvalue weighted by molar-refractivity contribution is -0.389. The predicted octanol–water partition coefficient (Wildman–Crippen LogP) is 2.90. The van der Waals surface area contributed by atoms with Crippen LogP contribution in [0.15, 0.2) is 36.5 Å². The van der Waals surface area contributed by atoms with Crippen LogP contribution in [-0.2, 0) is 0 Å². The number of hydrogen-bond donors (Lipinski definition) is 1. The van der Waals surface area contributed by atoms with Gasteiger partial charge in [0.15, 0.2) is 0 Å². The summed E-state index contributed by atoms with van der Waals surface area (Å²) in [5.41, 5.74) is 2.54. The number of rotatable bonds is 2. The van der Waals surface area contributed by atoms with Gasteiger partial charge >= 0.3 is 5.82 Å². The molecule has 0 saturated carbocycles. The Bertz CT molecular complexity index is 489. The standard InChI is InChI=1S/C11H10N2O2/c1-8-10(7-12-11(8)13(14)15)9-5-3-2-4-6-9/h2-7,12H,1H3. The van der Waals surface area contributed by atoms with E-state index in [0.717, 1.165) is 11.1 Å². The second-order valence-electron chi connectivity index (χ2n) is 3.30. The van der Waals surface area contributed by atoms with Gasteiger partial charge in [-0.2, -0.15) is 0 Å². The van der Waals surface area contributed by atoms with E-state index in [9.17, 15) is 10.1 Å². The first-order valence-corrected chi connectivity index (χ1v) is 4.58. The van der Waals surface area contributed by atoms with Crippen molar-refractivity contribution < 1.29 is 4.92 Å². The van der Waals surface area contributed by atoms with Gasteiger partial charge in [-0.25, -0.2) is 4.98 Å². The number of H-pyrrole nitrogens is 1. The summed E-state index contributed by atoms with van der Waals surface area (Å²) < 4.78 is 0. The highest BCUT2D eigenvalue weighted by molar-refractivity contribution is 5.70. The van der Waals surface area contributed by atoms with Crippen LogP contribution in [0.25, 0.3) is 11.1 Å². The van der Waals surface area contributed by atoms with Crippen molar-refractivity contribution in [3.8, 4) is 11.1 Å². The van der Waals surface area contributed by atoms with Crippen LogP contribution in [0, 0.1) is 17.0 Å². The molecule has 0 aliphatic rings. The molecule has 0 saturated heterocycles. The molecule has 0 fully saturated rings. The van der Waals surface area contributed by atoms with Crippen molar-refractivity contribution in [2.75, 3.05) is 0 Å². The van der Waals surface area contributed by atoms with Crippen molar-refractivity contribution >= 4 is 5.82 Å². The van der Waals surface area contributed by atoms with E-state index in [4.69, 9.17) is 0 Å². The molecule has 76 valence electrons. The molecule has 0 aliphatic heterocycles. The van der Waals surface area contributed by atoms with Crippen LogP contribution in [0.1, 0.15) is 5.56 Å². The summed E-state index contributed by atoms with van der Waals surface area (Å²) in [7, 11) is 0. The first-order valence-electron chi connectivity index (χ1n) is 4.58. The molecule has 4 nitrogen and oxygen atoms in total. The van der Waals surface area contributed by atoms with Crippen LogP contribution in [0.3, 0.4) is 0 Å². The Morgan fingerprint density at radius 1 is 1.27 bits per heavy atom. The third-order valence-corrected chi connectivity index (χ3v) is 2.38. The molecule has 0 bridgehead atoms. The summed E-state index contributed by atoms with van der Waals surface area (Å²) in [6.07, 6.45) is 1.67. The molecule has 0 spiro atoms. The van der Waals surface area contributed by atoms with Gasteiger partial charge in [-0.05, 0) is 17.4 Å². The average molecular weight is 202 g/mol. The molecule has 15 heavy (non-hydrogen) atoms. The number of hydrogen-bond acceptors (Lipinski definition) is 2. The zero-order valence-corrected chi connectivity index (χ0v) is 8.23. The Balaban J connectivity index is 2.52. The van der Waals surface area contributed by atoms with Crippen LogP contribution >= 0.6 is 0 Å². The normalized spacial score (nSPS) is 10.2. The largest absolute Gasteiger partial charge is 0.358 e. The minimum absolute atomic E-state index is 0.0638. The maximum Gasteiger partial charge on any atom is 0.324 e. The third kappa shape index (κ3) is 1.61. The second kappa shape index (κ2) is 3.57. The average Bonchev–Trinajstić information content (AvgIpc) is 2.61. The Hall–Kier alpha value is -2.10. The highest BCUT2D eigenvalue weighted by Gasteiger charge is 2.16. The van der Waals surface area contributed by atoms with E-state index in [2.05, 4.69) is 4.98 Å². The van der Waals surface area contributed by atoms with Gasteiger partial charge < -0.3 is 10.1 Å². The molecule has 0 unspecified atom stereocenters. The van der Waals surface area contributed by atoms with Crippen LogP contribution in [0.5, 0.6) is 0 Å². The summed E-state index contributed by atoms with van der Waals surface area (Å²) in [6.45, 7) is 1.75. The fourth-order valence-corrected chi connectivity index (χ4v) is 1.59. The summed E-state index contributed by atoms with van der Waals surface area (Å²) in [5.74, 6) is 0.0638. The van der Waals surface area contributed by atoms with Crippen LogP contribution in [-0.4, -0.2) is 9.91 Å². The maximum atomic E-state index is 10.6. The van der Waals surface area contributed by atoms with E-state index in [0.29, 0.717) is 5.56 Å². The molecule has 4 heteroatoms. The lowest BCUT2D eigenvalue weighted by Crippen LogP contribution is -1.89. The van der Waals surface area contributed by atoms with Gasteiger partial charge in [0, 0.05) is 5.56 Å². The fourth-order valence-electron chi connectivity index (χ4n) is 1.59. The quantitative estimate of drug-likeness (QED) is 0.601. The third-order valence-electron chi connectivity index (χ3n) is 2.38. The van der Waals surface area contributed by atoms with E-state index in [1.165, 1.54) is 0 Å². The van der Waals surface area contributed by atoms with E-state index < -0.39 is 4.92 Å². The van der Waals surface area contributed by atoms with Crippen molar-refractivity contribution in [3.05, 3.63) is 52.2 Å². The van der Waals surface area contributed by atoms with Gasteiger partial charge in [-0.1, -0.05) is 30.3 Å². The van der Waals surface area contributed by atoms with Gasteiger partial charge in [0.25, 0.3) is 0 Å². The van der Waals surface area contributed by atoms with E-state index in [-0.39, 0.29) is 5.82 Å². The minimum atomic E-state index is -0.401. The molecule has 0 atom stereocenters. The van der Waals surface area contributed by atoms with E-state index in [1.54, 1.807) is 13.1 Å². The number of nitrogens with one attached hydrogen (secondary N) is 1. The summed E-state index contributed by atoms with van der Waals surface area (Å²) >= 11 is 0. The van der Waals surface area contributed by atoms with Gasteiger partial charge in [0.2, 0.25) is 0 Å². The van der Waals surface area contributed by atoms with Crippen LogP contribution in [0.2, 0.25) is 0 Å². The molecular weight excluding hydrogens is 192 g/mol. The zero-order chi connectivity index (χ0) is 10.8. The topological polar surface area (TPSA) is 58.9 Å². The van der Waals surface area contributed by atoms with Crippen molar-refractivity contribution in [1.82, 2.24) is 4.98 Å². The van der Waals surface area contributed by atoms with Gasteiger partial charge in [0.1, 0.15) is 0 Å². The van der Waals surface area contributed by atoms with E-state index in [1.807, 2.05) is 30.3 Å². The van der Waals surface area contributed by atoms with Crippen LogP contribution in [0.4, 0.5) is 5.82 Å². The molecule has 0 amide bonds.